The van der Waals surface area contributed by atoms with Gasteiger partial charge in [-0.1, -0.05) is 22.9 Å². The van der Waals surface area contributed by atoms with Crippen LogP contribution in [-0.2, 0) is 13.2 Å². The molecule has 1 heterocycles. The Hall–Kier alpha value is -0.360. The predicted octanol–water partition coefficient (Wildman–Crippen LogP) is 4.96. The molecule has 2 aromatic rings. The first-order valence-corrected chi connectivity index (χ1v) is 8.50. The lowest BCUT2D eigenvalue weighted by Crippen LogP contribution is -2.12. The normalized spacial score (nSPS) is 10.7. The van der Waals surface area contributed by atoms with Gasteiger partial charge in [0.1, 0.15) is 12.4 Å². The molecule has 2 nitrogen and oxygen atoms in total. The Labute approximate surface area is 134 Å². The van der Waals surface area contributed by atoms with E-state index in [1.54, 1.807) is 11.3 Å². The van der Waals surface area contributed by atoms with Crippen LogP contribution in [0.2, 0.25) is 0 Å². The number of rotatable bonds is 6. The quantitative estimate of drug-likeness (QED) is 0.734. The Kier molecular flexibility index (Phi) is 5.88. The summed E-state index contributed by atoms with van der Waals surface area (Å²) in [4.78, 5) is 1.21. The zero-order valence-corrected chi connectivity index (χ0v) is 14.6. The molecular formula is C14H15Br2NOS. The summed E-state index contributed by atoms with van der Waals surface area (Å²) in [5.74, 6) is 0.903. The van der Waals surface area contributed by atoms with Gasteiger partial charge in [-0.05, 0) is 52.3 Å². The van der Waals surface area contributed by atoms with Crippen molar-refractivity contribution in [3.63, 3.8) is 0 Å². The van der Waals surface area contributed by atoms with E-state index >= 15 is 0 Å². The first-order valence-electron chi connectivity index (χ1n) is 6.04. The number of thiophene rings is 1. The fourth-order valence-corrected chi connectivity index (χ4v) is 3.37. The van der Waals surface area contributed by atoms with Crippen LogP contribution in [0.15, 0.2) is 38.6 Å². The third-order valence-corrected chi connectivity index (χ3v) is 5.03. The first kappa shape index (κ1) is 15.0. The van der Waals surface area contributed by atoms with Crippen molar-refractivity contribution < 1.29 is 4.74 Å². The minimum atomic E-state index is 0.610. The second-order valence-electron chi connectivity index (χ2n) is 4.05. The van der Waals surface area contributed by atoms with Crippen LogP contribution >= 0.6 is 43.2 Å². The van der Waals surface area contributed by atoms with Crippen LogP contribution in [-0.4, -0.2) is 6.54 Å². The molecule has 0 atom stereocenters. The number of nitrogens with one attached hydrogen (secondary N) is 1. The lowest BCUT2D eigenvalue weighted by molar-refractivity contribution is 0.309. The molecule has 0 aliphatic heterocycles. The van der Waals surface area contributed by atoms with Crippen molar-refractivity contribution in [2.75, 3.05) is 6.54 Å². The van der Waals surface area contributed by atoms with Gasteiger partial charge in [-0.25, -0.2) is 0 Å². The number of benzene rings is 1. The highest BCUT2D eigenvalue weighted by molar-refractivity contribution is 9.10. The molecule has 0 bridgehead atoms. The van der Waals surface area contributed by atoms with E-state index in [4.69, 9.17) is 4.74 Å². The largest absolute Gasteiger partial charge is 0.488 e. The smallest absolute Gasteiger partial charge is 0.122 e. The molecule has 0 spiro atoms. The van der Waals surface area contributed by atoms with E-state index < -0.39 is 0 Å². The van der Waals surface area contributed by atoms with Crippen LogP contribution in [0.25, 0.3) is 0 Å². The molecular weight excluding hydrogens is 390 g/mol. The van der Waals surface area contributed by atoms with Gasteiger partial charge in [0.05, 0.1) is 0 Å². The van der Waals surface area contributed by atoms with Crippen LogP contribution in [0, 0.1) is 0 Å². The summed E-state index contributed by atoms with van der Waals surface area (Å²) in [6, 6.07) is 8.19. The Morgan fingerprint density at radius 1 is 1.26 bits per heavy atom. The van der Waals surface area contributed by atoms with Gasteiger partial charge in [-0.15, -0.1) is 11.3 Å². The van der Waals surface area contributed by atoms with Gasteiger partial charge in [0.25, 0.3) is 0 Å². The maximum atomic E-state index is 5.82. The molecule has 1 N–H and O–H groups in total. The number of ether oxygens (including phenoxy) is 1. The third-order valence-electron chi connectivity index (χ3n) is 2.59. The van der Waals surface area contributed by atoms with Gasteiger partial charge < -0.3 is 10.1 Å². The Morgan fingerprint density at radius 3 is 2.79 bits per heavy atom. The van der Waals surface area contributed by atoms with Crippen LogP contribution < -0.4 is 10.1 Å². The van der Waals surface area contributed by atoms with E-state index in [1.807, 2.05) is 12.1 Å². The van der Waals surface area contributed by atoms with E-state index in [2.05, 4.69) is 61.6 Å². The molecule has 0 radical (unpaired) electrons. The van der Waals surface area contributed by atoms with Gasteiger partial charge in [0.2, 0.25) is 0 Å². The number of hydrogen-bond acceptors (Lipinski definition) is 3. The SMILES string of the molecule is CCNCc1cc(OCc2cc(Br)cs2)ccc1Br. The van der Waals surface area contributed by atoms with Crippen molar-refractivity contribution in [3.05, 3.63) is 49.0 Å². The zero-order chi connectivity index (χ0) is 13.7. The van der Waals surface area contributed by atoms with Crippen LogP contribution in [0.1, 0.15) is 17.4 Å². The Bertz CT molecular complexity index is 542. The highest BCUT2D eigenvalue weighted by atomic mass is 79.9. The maximum absolute atomic E-state index is 5.82. The van der Waals surface area contributed by atoms with E-state index in [-0.39, 0.29) is 0 Å². The van der Waals surface area contributed by atoms with Crippen molar-refractivity contribution in [1.82, 2.24) is 5.32 Å². The molecule has 0 fully saturated rings. The Balaban J connectivity index is 2.00. The molecule has 5 heteroatoms. The summed E-state index contributed by atoms with van der Waals surface area (Å²) >= 11 is 8.71. The van der Waals surface area contributed by atoms with E-state index in [1.165, 1.54) is 10.4 Å². The van der Waals surface area contributed by atoms with Gasteiger partial charge >= 0.3 is 0 Å². The zero-order valence-electron chi connectivity index (χ0n) is 10.6. The van der Waals surface area contributed by atoms with E-state index in [0.29, 0.717) is 6.61 Å². The minimum absolute atomic E-state index is 0.610. The first-order chi connectivity index (χ1) is 9.19. The van der Waals surface area contributed by atoms with Crippen LogP contribution in [0.3, 0.4) is 0 Å². The lowest BCUT2D eigenvalue weighted by Gasteiger charge is -2.09. The van der Waals surface area contributed by atoms with Gasteiger partial charge in [0, 0.05) is 25.7 Å². The molecule has 0 amide bonds. The van der Waals surface area contributed by atoms with Gasteiger partial charge in [-0.3, -0.25) is 0 Å². The van der Waals surface area contributed by atoms with E-state index in [0.717, 1.165) is 27.8 Å². The summed E-state index contributed by atoms with van der Waals surface area (Å²) in [5.41, 5.74) is 1.21. The molecule has 1 aromatic carbocycles. The second-order valence-corrected chi connectivity index (χ2v) is 6.82. The topological polar surface area (TPSA) is 21.3 Å². The molecule has 102 valence electrons. The average Bonchev–Trinajstić information content (AvgIpc) is 2.82. The standard InChI is InChI=1S/C14H15Br2NOS/c1-2-17-7-10-5-12(3-4-14(10)16)18-8-13-6-11(15)9-19-13/h3-6,9,17H,2,7-8H2,1H3. The molecule has 0 saturated carbocycles. The van der Waals surface area contributed by atoms with Crippen molar-refractivity contribution >= 4 is 43.2 Å². The van der Waals surface area contributed by atoms with Crippen LogP contribution in [0.5, 0.6) is 5.75 Å². The molecule has 1 aromatic heterocycles. The molecule has 0 aliphatic carbocycles. The fourth-order valence-electron chi connectivity index (χ4n) is 1.62. The summed E-state index contributed by atoms with van der Waals surface area (Å²) in [6.45, 7) is 4.51. The monoisotopic (exact) mass is 403 g/mol. The summed E-state index contributed by atoms with van der Waals surface area (Å²) in [7, 11) is 0. The fraction of sp³-hybridized carbons (Fsp3) is 0.286. The Morgan fingerprint density at radius 2 is 2.11 bits per heavy atom. The van der Waals surface area contributed by atoms with Crippen molar-refractivity contribution in [1.29, 1.82) is 0 Å². The average molecular weight is 405 g/mol. The van der Waals surface area contributed by atoms with Crippen LogP contribution in [0.4, 0.5) is 0 Å². The van der Waals surface area contributed by atoms with Crippen molar-refractivity contribution in [2.45, 2.75) is 20.1 Å². The van der Waals surface area contributed by atoms with Gasteiger partial charge in [0.15, 0.2) is 0 Å². The van der Waals surface area contributed by atoms with Gasteiger partial charge in [-0.2, -0.15) is 0 Å². The summed E-state index contributed by atoms with van der Waals surface area (Å²) in [5, 5.41) is 5.39. The molecule has 0 unspecified atom stereocenters. The van der Waals surface area contributed by atoms with Crippen molar-refractivity contribution in [2.24, 2.45) is 0 Å². The van der Waals surface area contributed by atoms with Crippen molar-refractivity contribution in [3.8, 4) is 5.75 Å². The number of hydrogen-bond donors (Lipinski definition) is 1. The molecule has 19 heavy (non-hydrogen) atoms. The van der Waals surface area contributed by atoms with E-state index in [9.17, 15) is 0 Å². The predicted molar refractivity (Wildman–Crippen MR) is 87.9 cm³/mol. The maximum Gasteiger partial charge on any atom is 0.122 e. The lowest BCUT2D eigenvalue weighted by atomic mass is 10.2. The summed E-state index contributed by atoms with van der Waals surface area (Å²) < 4.78 is 8.04. The second kappa shape index (κ2) is 7.43. The minimum Gasteiger partial charge on any atom is -0.488 e. The molecule has 2 rings (SSSR count). The highest BCUT2D eigenvalue weighted by Crippen LogP contribution is 2.25. The molecule has 0 saturated heterocycles. The highest BCUT2D eigenvalue weighted by Gasteiger charge is 2.04. The summed E-state index contributed by atoms with van der Waals surface area (Å²) in [6.07, 6.45) is 0. The molecule has 0 aliphatic rings. The third kappa shape index (κ3) is 4.60. The number of halogens is 2.